The van der Waals surface area contributed by atoms with Gasteiger partial charge in [0.1, 0.15) is 23.7 Å². The molecule has 19 heavy (non-hydrogen) atoms. The molecule has 2 rings (SSSR count). The van der Waals surface area contributed by atoms with E-state index in [1.807, 2.05) is 0 Å². The molecule has 0 aliphatic carbocycles. The summed E-state index contributed by atoms with van der Waals surface area (Å²) in [4.78, 5) is 24.9. The molecule has 1 N–H and O–H groups in total. The van der Waals surface area contributed by atoms with E-state index in [1.54, 1.807) is 4.90 Å². The number of benzene rings is 1. The summed E-state index contributed by atoms with van der Waals surface area (Å²) < 4.78 is 26.6. The predicted molar refractivity (Wildman–Crippen MR) is 65.4 cm³/mol. The molecule has 1 aromatic carbocycles. The Morgan fingerprint density at radius 2 is 1.74 bits per heavy atom. The van der Waals surface area contributed by atoms with Gasteiger partial charge in [0.25, 0.3) is 0 Å². The van der Waals surface area contributed by atoms with Crippen molar-refractivity contribution in [2.75, 3.05) is 18.4 Å². The number of nitrogens with zero attached hydrogens (tertiary/aromatic N) is 1. The molecule has 0 spiro atoms. The van der Waals surface area contributed by atoms with Crippen molar-refractivity contribution in [3.05, 3.63) is 29.8 Å². The van der Waals surface area contributed by atoms with Gasteiger partial charge >= 0.3 is 0 Å². The zero-order valence-electron chi connectivity index (χ0n) is 10.3. The number of halogens is 2. The third-order valence-corrected chi connectivity index (χ3v) is 3.00. The van der Waals surface area contributed by atoms with E-state index in [1.165, 1.54) is 6.07 Å². The molecule has 0 aromatic heterocycles. The van der Waals surface area contributed by atoms with Crippen LogP contribution in [-0.4, -0.2) is 29.8 Å². The first-order chi connectivity index (χ1) is 9.08. The molecule has 0 bridgehead atoms. The minimum absolute atomic E-state index is 0.313. The maximum absolute atomic E-state index is 13.3. The molecule has 1 aliphatic heterocycles. The monoisotopic (exact) mass is 268 g/mol. The average Bonchev–Trinajstić information content (AvgIpc) is 2.88. The number of nitrogens with one attached hydrogen (secondary N) is 1. The largest absolute Gasteiger partial charge is 0.342 e. The van der Waals surface area contributed by atoms with Gasteiger partial charge in [-0.2, -0.15) is 0 Å². The maximum atomic E-state index is 13.3. The Morgan fingerprint density at radius 1 is 1.16 bits per heavy atom. The number of hydrogen-bond acceptors (Lipinski definition) is 2. The summed E-state index contributed by atoms with van der Waals surface area (Å²) in [7, 11) is 0. The van der Waals surface area contributed by atoms with Gasteiger partial charge in [0, 0.05) is 13.1 Å². The zero-order chi connectivity index (χ0) is 13.8. The van der Waals surface area contributed by atoms with Gasteiger partial charge < -0.3 is 10.2 Å². The Kier molecular flexibility index (Phi) is 4.09. The van der Waals surface area contributed by atoms with Crippen LogP contribution < -0.4 is 5.32 Å². The quantitative estimate of drug-likeness (QED) is 0.851. The SMILES string of the molecule is O=C(CC(=O)N1CCCC1)Nc1c(F)cccc1F. The molecule has 102 valence electrons. The standard InChI is InChI=1S/C13H14F2N2O2/c14-9-4-3-5-10(15)13(9)16-11(18)8-12(19)17-6-1-2-7-17/h3-5H,1-2,6-8H2,(H,16,18). The molecule has 2 amide bonds. The molecule has 0 radical (unpaired) electrons. The van der Waals surface area contributed by atoms with Gasteiger partial charge in [-0.25, -0.2) is 8.78 Å². The van der Waals surface area contributed by atoms with Gasteiger partial charge in [-0.05, 0) is 25.0 Å². The van der Waals surface area contributed by atoms with Crippen LogP contribution in [0.5, 0.6) is 0 Å². The minimum atomic E-state index is -0.859. The van der Waals surface area contributed by atoms with Crippen molar-refractivity contribution >= 4 is 17.5 Å². The predicted octanol–water partition coefficient (Wildman–Crippen LogP) is 1.92. The topological polar surface area (TPSA) is 49.4 Å². The second-order valence-electron chi connectivity index (χ2n) is 4.41. The highest BCUT2D eigenvalue weighted by Crippen LogP contribution is 2.18. The molecule has 0 unspecified atom stereocenters. The van der Waals surface area contributed by atoms with Crippen LogP contribution in [0.25, 0.3) is 0 Å². The van der Waals surface area contributed by atoms with E-state index in [0.717, 1.165) is 25.0 Å². The number of likely N-dealkylation sites (tertiary alicyclic amines) is 1. The van der Waals surface area contributed by atoms with E-state index in [0.29, 0.717) is 13.1 Å². The maximum Gasteiger partial charge on any atom is 0.233 e. The van der Waals surface area contributed by atoms with Crippen molar-refractivity contribution < 1.29 is 18.4 Å². The molecule has 0 saturated carbocycles. The highest BCUT2D eigenvalue weighted by atomic mass is 19.1. The highest BCUT2D eigenvalue weighted by Gasteiger charge is 2.21. The fourth-order valence-electron chi connectivity index (χ4n) is 2.02. The summed E-state index contributed by atoms with van der Waals surface area (Å²) in [5.41, 5.74) is -0.512. The van der Waals surface area contributed by atoms with Crippen LogP contribution >= 0.6 is 0 Å². The summed E-state index contributed by atoms with van der Waals surface area (Å²) >= 11 is 0. The minimum Gasteiger partial charge on any atom is -0.342 e. The fraction of sp³-hybridized carbons (Fsp3) is 0.385. The first-order valence-electron chi connectivity index (χ1n) is 6.09. The van der Waals surface area contributed by atoms with E-state index < -0.39 is 29.6 Å². The normalized spacial score (nSPS) is 14.5. The average molecular weight is 268 g/mol. The molecule has 6 heteroatoms. The first kappa shape index (κ1) is 13.5. The lowest BCUT2D eigenvalue weighted by Crippen LogP contribution is -2.31. The Balaban J connectivity index is 1.95. The second-order valence-corrected chi connectivity index (χ2v) is 4.41. The smallest absolute Gasteiger partial charge is 0.233 e. The number of rotatable bonds is 3. The first-order valence-corrected chi connectivity index (χ1v) is 6.09. The molecular weight excluding hydrogens is 254 g/mol. The lowest BCUT2D eigenvalue weighted by Gasteiger charge is -2.15. The Bertz CT molecular complexity index is 479. The van der Waals surface area contributed by atoms with E-state index in [2.05, 4.69) is 5.32 Å². The van der Waals surface area contributed by atoms with Crippen molar-refractivity contribution in [3.63, 3.8) is 0 Å². The van der Waals surface area contributed by atoms with Crippen LogP contribution in [0.4, 0.5) is 14.5 Å². The van der Waals surface area contributed by atoms with Crippen LogP contribution in [-0.2, 0) is 9.59 Å². The summed E-state index contributed by atoms with van der Waals surface area (Å²) in [5, 5.41) is 2.10. The molecule has 1 heterocycles. The van der Waals surface area contributed by atoms with Crippen molar-refractivity contribution in [3.8, 4) is 0 Å². The van der Waals surface area contributed by atoms with E-state index >= 15 is 0 Å². The van der Waals surface area contributed by atoms with Crippen LogP contribution in [0.3, 0.4) is 0 Å². The van der Waals surface area contributed by atoms with Crippen LogP contribution in [0.2, 0.25) is 0 Å². The van der Waals surface area contributed by atoms with Crippen molar-refractivity contribution in [2.45, 2.75) is 19.3 Å². The van der Waals surface area contributed by atoms with Gasteiger partial charge in [0.15, 0.2) is 0 Å². The third-order valence-electron chi connectivity index (χ3n) is 3.00. The number of anilines is 1. The van der Waals surface area contributed by atoms with Gasteiger partial charge in [0.05, 0.1) is 0 Å². The lowest BCUT2D eigenvalue weighted by atomic mass is 10.2. The van der Waals surface area contributed by atoms with Gasteiger partial charge in [-0.1, -0.05) is 6.07 Å². The molecule has 1 saturated heterocycles. The number of para-hydroxylation sites is 1. The number of carbonyl (C=O) groups is 2. The number of hydrogen-bond donors (Lipinski definition) is 1. The molecule has 1 fully saturated rings. The molecule has 4 nitrogen and oxygen atoms in total. The summed E-state index contributed by atoms with van der Waals surface area (Å²) in [5.74, 6) is -2.74. The summed E-state index contributed by atoms with van der Waals surface area (Å²) in [6.07, 6.45) is 1.46. The van der Waals surface area contributed by atoms with Crippen LogP contribution in [0.1, 0.15) is 19.3 Å². The molecular formula is C13H14F2N2O2. The van der Waals surface area contributed by atoms with E-state index in [-0.39, 0.29) is 5.91 Å². The van der Waals surface area contributed by atoms with Crippen LogP contribution in [0.15, 0.2) is 18.2 Å². The highest BCUT2D eigenvalue weighted by molar-refractivity contribution is 6.03. The summed E-state index contributed by atoms with van der Waals surface area (Å²) in [6.45, 7) is 1.28. The molecule has 0 atom stereocenters. The number of amides is 2. The van der Waals surface area contributed by atoms with Crippen molar-refractivity contribution in [2.24, 2.45) is 0 Å². The fourth-order valence-corrected chi connectivity index (χ4v) is 2.02. The Labute approximate surface area is 109 Å². The number of carbonyl (C=O) groups excluding carboxylic acids is 2. The van der Waals surface area contributed by atoms with Gasteiger partial charge in [-0.15, -0.1) is 0 Å². The van der Waals surface area contributed by atoms with Crippen molar-refractivity contribution in [1.82, 2.24) is 4.90 Å². The van der Waals surface area contributed by atoms with Crippen LogP contribution in [0, 0.1) is 11.6 Å². The van der Waals surface area contributed by atoms with Crippen molar-refractivity contribution in [1.29, 1.82) is 0 Å². The molecule has 1 aliphatic rings. The molecule has 1 aromatic rings. The Morgan fingerprint density at radius 3 is 2.32 bits per heavy atom. The Hall–Kier alpha value is -1.98. The summed E-state index contributed by atoms with van der Waals surface area (Å²) in [6, 6.07) is 3.29. The van der Waals surface area contributed by atoms with Gasteiger partial charge in [0.2, 0.25) is 11.8 Å². The lowest BCUT2D eigenvalue weighted by molar-refractivity contribution is -0.133. The third kappa shape index (κ3) is 3.27. The van der Waals surface area contributed by atoms with E-state index in [9.17, 15) is 18.4 Å². The van der Waals surface area contributed by atoms with Gasteiger partial charge in [-0.3, -0.25) is 9.59 Å². The zero-order valence-corrected chi connectivity index (χ0v) is 10.3. The second kappa shape index (κ2) is 5.77. The van der Waals surface area contributed by atoms with E-state index in [4.69, 9.17) is 0 Å².